The zero-order valence-electron chi connectivity index (χ0n) is 10.8. The molecule has 0 radical (unpaired) electrons. The van der Waals surface area contributed by atoms with Crippen molar-refractivity contribution in [2.75, 3.05) is 18.5 Å². The third-order valence-corrected chi connectivity index (χ3v) is 3.56. The monoisotopic (exact) mass is 298 g/mol. The highest BCUT2D eigenvalue weighted by Gasteiger charge is 2.25. The number of hydrogen-bond acceptors (Lipinski definition) is 4. The molecule has 0 unspecified atom stereocenters. The SMILES string of the molecule is CN(c1nc(Br)nc2c1CNCC2)C(C)(C)C. The first-order valence-corrected chi connectivity index (χ1v) is 6.69. The smallest absolute Gasteiger partial charge is 0.198 e. The van der Waals surface area contributed by atoms with Gasteiger partial charge in [-0.25, -0.2) is 9.97 Å². The molecule has 1 aromatic rings. The molecule has 0 bridgehead atoms. The molecule has 94 valence electrons. The first-order valence-electron chi connectivity index (χ1n) is 5.89. The van der Waals surface area contributed by atoms with Crippen LogP contribution in [0.15, 0.2) is 4.73 Å². The second-order valence-corrected chi connectivity index (χ2v) is 6.11. The fourth-order valence-corrected chi connectivity index (χ4v) is 2.27. The molecule has 0 fully saturated rings. The predicted molar refractivity (Wildman–Crippen MR) is 73.3 cm³/mol. The highest BCUT2D eigenvalue weighted by Crippen LogP contribution is 2.28. The lowest BCUT2D eigenvalue weighted by Crippen LogP contribution is -2.40. The molecule has 1 aliphatic rings. The Hall–Kier alpha value is -0.680. The van der Waals surface area contributed by atoms with E-state index in [0.717, 1.165) is 31.0 Å². The molecule has 17 heavy (non-hydrogen) atoms. The number of aromatic nitrogens is 2. The number of nitrogens with zero attached hydrogens (tertiary/aromatic N) is 3. The molecule has 0 aromatic carbocycles. The third-order valence-electron chi connectivity index (χ3n) is 3.21. The van der Waals surface area contributed by atoms with Crippen molar-refractivity contribution in [1.29, 1.82) is 0 Å². The highest BCUT2D eigenvalue weighted by molar-refractivity contribution is 9.10. The summed E-state index contributed by atoms with van der Waals surface area (Å²) in [5.74, 6) is 1.03. The summed E-state index contributed by atoms with van der Waals surface area (Å²) in [6, 6.07) is 0. The lowest BCUT2D eigenvalue weighted by Gasteiger charge is -2.35. The van der Waals surface area contributed by atoms with E-state index in [-0.39, 0.29) is 5.54 Å². The summed E-state index contributed by atoms with van der Waals surface area (Å²) >= 11 is 3.41. The topological polar surface area (TPSA) is 41.1 Å². The van der Waals surface area contributed by atoms with Crippen LogP contribution < -0.4 is 10.2 Å². The average Bonchev–Trinajstić information content (AvgIpc) is 2.25. The molecule has 0 saturated carbocycles. The molecule has 2 rings (SSSR count). The van der Waals surface area contributed by atoms with E-state index in [1.54, 1.807) is 0 Å². The Labute approximate surface area is 111 Å². The molecule has 1 aliphatic heterocycles. The van der Waals surface area contributed by atoms with Crippen LogP contribution in [0.5, 0.6) is 0 Å². The number of nitrogens with one attached hydrogen (secondary N) is 1. The zero-order chi connectivity index (χ0) is 12.6. The van der Waals surface area contributed by atoms with Crippen molar-refractivity contribution < 1.29 is 0 Å². The third kappa shape index (κ3) is 2.60. The first kappa shape index (κ1) is 12.8. The average molecular weight is 299 g/mol. The van der Waals surface area contributed by atoms with E-state index in [9.17, 15) is 0 Å². The molecular formula is C12H19BrN4. The van der Waals surface area contributed by atoms with Crippen LogP contribution in [-0.4, -0.2) is 29.1 Å². The largest absolute Gasteiger partial charge is 0.354 e. The maximum Gasteiger partial charge on any atom is 0.198 e. The Morgan fingerprint density at radius 2 is 2.00 bits per heavy atom. The van der Waals surface area contributed by atoms with E-state index in [4.69, 9.17) is 0 Å². The van der Waals surface area contributed by atoms with Crippen molar-refractivity contribution in [1.82, 2.24) is 15.3 Å². The van der Waals surface area contributed by atoms with Crippen LogP contribution in [0, 0.1) is 0 Å². The maximum absolute atomic E-state index is 4.54. The van der Waals surface area contributed by atoms with Gasteiger partial charge in [-0.15, -0.1) is 0 Å². The van der Waals surface area contributed by atoms with Crippen LogP contribution in [0.25, 0.3) is 0 Å². The Morgan fingerprint density at radius 1 is 1.29 bits per heavy atom. The molecule has 5 heteroatoms. The van der Waals surface area contributed by atoms with Crippen molar-refractivity contribution in [2.45, 2.75) is 39.3 Å². The summed E-state index contributed by atoms with van der Waals surface area (Å²) in [6.07, 6.45) is 0.974. The quantitative estimate of drug-likeness (QED) is 0.807. The van der Waals surface area contributed by atoms with E-state index >= 15 is 0 Å². The van der Waals surface area contributed by atoms with Gasteiger partial charge >= 0.3 is 0 Å². The van der Waals surface area contributed by atoms with Crippen molar-refractivity contribution >= 4 is 21.7 Å². The first-order chi connectivity index (χ1) is 7.89. The number of fused-ring (bicyclic) bond motifs is 1. The van der Waals surface area contributed by atoms with Crippen LogP contribution >= 0.6 is 15.9 Å². The van der Waals surface area contributed by atoms with Crippen molar-refractivity contribution in [2.24, 2.45) is 0 Å². The minimum Gasteiger partial charge on any atom is -0.354 e. The molecule has 1 aromatic heterocycles. The Balaban J connectivity index is 2.49. The molecule has 0 spiro atoms. The predicted octanol–water partition coefficient (Wildman–Crippen LogP) is 2.12. The molecule has 1 N–H and O–H groups in total. The van der Waals surface area contributed by atoms with E-state index in [2.05, 4.69) is 63.9 Å². The van der Waals surface area contributed by atoms with Crippen molar-refractivity contribution in [3.05, 3.63) is 16.0 Å². The van der Waals surface area contributed by atoms with Gasteiger partial charge in [0.05, 0.1) is 5.69 Å². The fourth-order valence-electron chi connectivity index (χ4n) is 1.89. The van der Waals surface area contributed by atoms with Crippen LogP contribution in [0.3, 0.4) is 0 Å². The van der Waals surface area contributed by atoms with Crippen LogP contribution in [-0.2, 0) is 13.0 Å². The molecule has 0 atom stereocenters. The van der Waals surface area contributed by atoms with Gasteiger partial charge in [0.15, 0.2) is 4.73 Å². The summed E-state index contributed by atoms with van der Waals surface area (Å²) in [6.45, 7) is 8.41. The summed E-state index contributed by atoms with van der Waals surface area (Å²) < 4.78 is 0.684. The number of anilines is 1. The normalized spacial score (nSPS) is 15.6. The number of halogens is 1. The van der Waals surface area contributed by atoms with E-state index in [1.165, 1.54) is 5.56 Å². The van der Waals surface area contributed by atoms with Gasteiger partial charge in [-0.1, -0.05) is 0 Å². The molecular weight excluding hydrogens is 280 g/mol. The van der Waals surface area contributed by atoms with E-state index < -0.39 is 0 Å². The molecule has 0 amide bonds. The van der Waals surface area contributed by atoms with Gasteiger partial charge in [-0.05, 0) is 36.7 Å². The van der Waals surface area contributed by atoms with Crippen LogP contribution in [0.2, 0.25) is 0 Å². The Morgan fingerprint density at radius 3 is 2.65 bits per heavy atom. The Kier molecular flexibility index (Phi) is 3.41. The lowest BCUT2D eigenvalue weighted by atomic mass is 10.0. The summed E-state index contributed by atoms with van der Waals surface area (Å²) in [5.41, 5.74) is 2.45. The molecule has 2 heterocycles. The highest BCUT2D eigenvalue weighted by atomic mass is 79.9. The van der Waals surface area contributed by atoms with Crippen molar-refractivity contribution in [3.63, 3.8) is 0 Å². The van der Waals surface area contributed by atoms with Gasteiger partial charge < -0.3 is 10.2 Å². The fraction of sp³-hybridized carbons (Fsp3) is 0.667. The second kappa shape index (κ2) is 4.53. The molecule has 0 saturated heterocycles. The minimum absolute atomic E-state index is 0.0546. The van der Waals surface area contributed by atoms with Crippen LogP contribution in [0.1, 0.15) is 32.0 Å². The van der Waals surface area contributed by atoms with Gasteiger partial charge in [-0.3, -0.25) is 0 Å². The summed E-state index contributed by atoms with van der Waals surface area (Å²) in [7, 11) is 2.09. The van der Waals surface area contributed by atoms with Gasteiger partial charge in [0.1, 0.15) is 5.82 Å². The molecule has 4 nitrogen and oxygen atoms in total. The van der Waals surface area contributed by atoms with Crippen molar-refractivity contribution in [3.8, 4) is 0 Å². The number of rotatable bonds is 1. The van der Waals surface area contributed by atoms with Crippen LogP contribution in [0.4, 0.5) is 5.82 Å². The standard InChI is InChI=1S/C12H19BrN4/c1-12(2,3)17(4)10-8-7-14-6-5-9(8)15-11(13)16-10/h14H,5-7H2,1-4H3. The maximum atomic E-state index is 4.54. The van der Waals surface area contributed by atoms with Gasteiger partial charge in [-0.2, -0.15) is 0 Å². The van der Waals surface area contributed by atoms with E-state index in [1.807, 2.05) is 0 Å². The van der Waals surface area contributed by atoms with Gasteiger partial charge in [0.25, 0.3) is 0 Å². The second-order valence-electron chi connectivity index (χ2n) is 5.40. The van der Waals surface area contributed by atoms with E-state index in [0.29, 0.717) is 4.73 Å². The Bertz CT molecular complexity index is 425. The molecule has 0 aliphatic carbocycles. The summed E-state index contributed by atoms with van der Waals surface area (Å²) in [4.78, 5) is 11.2. The van der Waals surface area contributed by atoms with Gasteiger partial charge in [0.2, 0.25) is 0 Å². The van der Waals surface area contributed by atoms with Gasteiger partial charge in [0, 0.05) is 37.7 Å². The zero-order valence-corrected chi connectivity index (χ0v) is 12.4. The lowest BCUT2D eigenvalue weighted by molar-refractivity contribution is 0.524. The minimum atomic E-state index is 0.0546. The number of hydrogen-bond donors (Lipinski definition) is 1. The summed E-state index contributed by atoms with van der Waals surface area (Å²) in [5, 5.41) is 3.39.